The quantitative estimate of drug-likeness (QED) is 0.458. The van der Waals surface area contributed by atoms with Gasteiger partial charge in [0.1, 0.15) is 10.8 Å². The fourth-order valence-electron chi connectivity index (χ4n) is 3.34. The highest BCUT2D eigenvalue weighted by Gasteiger charge is 2.19. The van der Waals surface area contributed by atoms with Crippen LogP contribution in [-0.2, 0) is 0 Å². The third-order valence-electron chi connectivity index (χ3n) is 4.81. The first kappa shape index (κ1) is 18.1. The Morgan fingerprint density at radius 1 is 1.18 bits per heavy atom. The van der Waals surface area contributed by atoms with E-state index in [1.165, 1.54) is 6.20 Å². The molecule has 28 heavy (non-hydrogen) atoms. The van der Waals surface area contributed by atoms with Crippen molar-refractivity contribution in [1.29, 1.82) is 0 Å². The second kappa shape index (κ2) is 7.78. The van der Waals surface area contributed by atoms with E-state index in [0.29, 0.717) is 12.2 Å². The number of aromatic amines is 2. The van der Waals surface area contributed by atoms with Gasteiger partial charge in [0.2, 0.25) is 0 Å². The van der Waals surface area contributed by atoms with Crippen LogP contribution in [0.2, 0.25) is 5.02 Å². The molecule has 6 nitrogen and oxygen atoms in total. The van der Waals surface area contributed by atoms with E-state index in [9.17, 15) is 4.79 Å². The zero-order valence-corrected chi connectivity index (χ0v) is 16.0. The number of hydrogen-bond donors (Lipinski definition) is 3. The topological polar surface area (TPSA) is 82.8 Å². The number of nitrogens with one attached hydrogen (secondary N) is 3. The van der Waals surface area contributed by atoms with Gasteiger partial charge in [-0.15, -0.1) is 0 Å². The van der Waals surface area contributed by atoms with E-state index in [0.717, 1.165) is 27.8 Å². The van der Waals surface area contributed by atoms with Crippen LogP contribution in [0.25, 0.3) is 10.9 Å². The summed E-state index contributed by atoms with van der Waals surface area (Å²) in [5.41, 5.74) is 3.43. The van der Waals surface area contributed by atoms with Gasteiger partial charge in [-0.3, -0.25) is 4.79 Å². The minimum Gasteiger partial charge on any atom is -0.497 e. The lowest BCUT2D eigenvalue weighted by Gasteiger charge is -2.19. The maximum Gasteiger partial charge on any atom is 0.285 e. The molecule has 0 aliphatic carbocycles. The molecule has 0 saturated carbocycles. The number of anilines is 1. The van der Waals surface area contributed by atoms with Crippen LogP contribution in [0.5, 0.6) is 5.75 Å². The Labute approximate surface area is 166 Å². The number of rotatable bonds is 6. The molecule has 4 aromatic rings. The number of ether oxygens (including phenoxy) is 1. The van der Waals surface area contributed by atoms with Crippen LogP contribution in [0.4, 0.5) is 5.69 Å². The number of H-pyrrole nitrogens is 2. The van der Waals surface area contributed by atoms with Crippen molar-refractivity contribution >= 4 is 28.2 Å². The van der Waals surface area contributed by atoms with Gasteiger partial charge < -0.3 is 15.0 Å². The van der Waals surface area contributed by atoms with E-state index < -0.39 is 5.56 Å². The van der Waals surface area contributed by atoms with Crippen molar-refractivity contribution in [2.75, 3.05) is 19.0 Å². The van der Waals surface area contributed by atoms with Crippen LogP contribution >= 0.6 is 11.6 Å². The van der Waals surface area contributed by atoms with E-state index >= 15 is 0 Å². The van der Waals surface area contributed by atoms with Crippen molar-refractivity contribution in [2.45, 2.75) is 5.92 Å². The molecule has 1 atom stereocenters. The molecule has 0 unspecified atom stereocenters. The highest BCUT2D eigenvalue weighted by Crippen LogP contribution is 2.32. The molecule has 0 aliphatic heterocycles. The van der Waals surface area contributed by atoms with Crippen molar-refractivity contribution in [3.8, 4) is 5.75 Å². The van der Waals surface area contributed by atoms with Crippen molar-refractivity contribution in [1.82, 2.24) is 15.2 Å². The van der Waals surface area contributed by atoms with Crippen LogP contribution in [-0.4, -0.2) is 28.8 Å². The number of nitrogens with zero attached hydrogens (tertiary/aromatic N) is 1. The van der Waals surface area contributed by atoms with Crippen molar-refractivity contribution in [3.63, 3.8) is 0 Å². The first-order valence-electron chi connectivity index (χ1n) is 8.84. The van der Waals surface area contributed by atoms with Crippen LogP contribution in [0, 0.1) is 0 Å². The summed E-state index contributed by atoms with van der Waals surface area (Å²) >= 11 is 6.11. The Morgan fingerprint density at radius 2 is 1.96 bits per heavy atom. The Balaban J connectivity index is 1.72. The molecule has 7 heteroatoms. The summed E-state index contributed by atoms with van der Waals surface area (Å²) in [5, 5.41) is 10.7. The molecule has 0 amide bonds. The van der Waals surface area contributed by atoms with E-state index in [-0.39, 0.29) is 10.9 Å². The van der Waals surface area contributed by atoms with Gasteiger partial charge in [0, 0.05) is 29.6 Å². The summed E-state index contributed by atoms with van der Waals surface area (Å²) in [6.45, 7) is 0.541. The van der Waals surface area contributed by atoms with Gasteiger partial charge >= 0.3 is 0 Å². The van der Waals surface area contributed by atoms with Crippen LogP contribution < -0.4 is 15.6 Å². The predicted octanol–water partition coefficient (Wildman–Crippen LogP) is 4.16. The van der Waals surface area contributed by atoms with Gasteiger partial charge in [0.15, 0.2) is 0 Å². The zero-order valence-electron chi connectivity index (χ0n) is 15.2. The minimum atomic E-state index is -0.417. The fourth-order valence-corrected chi connectivity index (χ4v) is 3.50. The number of para-hydroxylation sites is 1. The van der Waals surface area contributed by atoms with E-state index in [1.807, 2.05) is 42.6 Å². The molecule has 2 heterocycles. The molecule has 2 aromatic heterocycles. The van der Waals surface area contributed by atoms with Crippen LogP contribution in [0.3, 0.4) is 0 Å². The molecule has 2 aromatic carbocycles. The van der Waals surface area contributed by atoms with E-state index in [1.54, 1.807) is 7.11 Å². The molecule has 3 N–H and O–H groups in total. The largest absolute Gasteiger partial charge is 0.497 e. The normalized spacial score (nSPS) is 12.1. The lowest BCUT2D eigenvalue weighted by Crippen LogP contribution is -2.17. The van der Waals surface area contributed by atoms with Crippen LogP contribution in [0.15, 0.2) is 65.7 Å². The SMILES string of the molecule is COc1ccc([C@@H](CNc2cn[nH]c(=O)c2Cl)c2c[nH]c3ccccc23)cc1. The number of methoxy groups -OCH3 is 1. The van der Waals surface area contributed by atoms with Gasteiger partial charge in [-0.05, 0) is 29.3 Å². The smallest absolute Gasteiger partial charge is 0.285 e. The maximum absolute atomic E-state index is 11.7. The summed E-state index contributed by atoms with van der Waals surface area (Å²) in [4.78, 5) is 15.1. The van der Waals surface area contributed by atoms with E-state index in [2.05, 4.69) is 32.6 Å². The van der Waals surface area contributed by atoms with E-state index in [4.69, 9.17) is 16.3 Å². The second-order valence-corrected chi connectivity index (χ2v) is 6.80. The summed E-state index contributed by atoms with van der Waals surface area (Å²) in [6, 6.07) is 16.2. The first-order chi connectivity index (χ1) is 13.7. The zero-order chi connectivity index (χ0) is 19.5. The number of hydrogen-bond acceptors (Lipinski definition) is 4. The van der Waals surface area contributed by atoms with Crippen molar-refractivity contribution < 1.29 is 4.74 Å². The molecular formula is C21H19ClN4O2. The molecular weight excluding hydrogens is 376 g/mol. The standard InChI is InChI=1S/C21H19ClN4O2/c1-28-14-8-6-13(7-9-14)16(10-24-19-12-25-26-21(27)20(19)22)17-11-23-18-5-3-2-4-15(17)18/h2-9,11-12,16,23H,10H2,1H3,(H2,24,26,27)/t16-/m1/s1. The highest BCUT2D eigenvalue weighted by molar-refractivity contribution is 6.32. The molecule has 0 saturated heterocycles. The Morgan fingerprint density at radius 3 is 2.75 bits per heavy atom. The molecule has 0 radical (unpaired) electrons. The monoisotopic (exact) mass is 394 g/mol. The summed E-state index contributed by atoms with van der Waals surface area (Å²) in [6.07, 6.45) is 3.54. The minimum absolute atomic E-state index is 0.0254. The summed E-state index contributed by atoms with van der Waals surface area (Å²) < 4.78 is 5.28. The molecule has 0 aliphatic rings. The fraction of sp³-hybridized carbons (Fsp3) is 0.143. The number of fused-ring (bicyclic) bond motifs is 1. The lowest BCUT2D eigenvalue weighted by molar-refractivity contribution is 0.414. The third-order valence-corrected chi connectivity index (χ3v) is 5.18. The van der Waals surface area contributed by atoms with Crippen LogP contribution in [0.1, 0.15) is 17.0 Å². The predicted molar refractivity (Wildman–Crippen MR) is 111 cm³/mol. The molecule has 0 fully saturated rings. The Bertz CT molecular complexity index is 1150. The van der Waals surface area contributed by atoms with Gasteiger partial charge in [-0.2, -0.15) is 5.10 Å². The average Bonchev–Trinajstić information content (AvgIpc) is 3.16. The molecule has 0 bridgehead atoms. The average molecular weight is 395 g/mol. The van der Waals surface area contributed by atoms with Crippen molar-refractivity contribution in [2.24, 2.45) is 0 Å². The van der Waals surface area contributed by atoms with Gasteiger partial charge in [0.25, 0.3) is 5.56 Å². The molecule has 4 rings (SSSR count). The first-order valence-corrected chi connectivity index (χ1v) is 9.22. The number of aromatic nitrogens is 3. The third kappa shape index (κ3) is 3.46. The summed E-state index contributed by atoms with van der Waals surface area (Å²) in [5.74, 6) is 0.827. The van der Waals surface area contributed by atoms with Gasteiger partial charge in [0.05, 0.1) is 19.0 Å². The second-order valence-electron chi connectivity index (χ2n) is 6.42. The molecule has 142 valence electrons. The summed E-state index contributed by atoms with van der Waals surface area (Å²) in [7, 11) is 1.65. The molecule has 0 spiro atoms. The maximum atomic E-state index is 11.7. The highest BCUT2D eigenvalue weighted by atomic mass is 35.5. The van der Waals surface area contributed by atoms with Gasteiger partial charge in [-0.25, -0.2) is 5.10 Å². The van der Waals surface area contributed by atoms with Gasteiger partial charge in [-0.1, -0.05) is 41.9 Å². The Hall–Kier alpha value is -3.25. The number of benzene rings is 2. The Kier molecular flexibility index (Phi) is 5.04. The number of halogens is 1. The van der Waals surface area contributed by atoms with Crippen molar-refractivity contribution in [3.05, 3.63) is 87.4 Å². The lowest BCUT2D eigenvalue weighted by atomic mass is 9.90.